The first-order valence-electron chi connectivity index (χ1n) is 6.86. The van der Waals surface area contributed by atoms with Gasteiger partial charge in [0.05, 0.1) is 0 Å². The van der Waals surface area contributed by atoms with Crippen LogP contribution in [-0.2, 0) is 4.79 Å². The van der Waals surface area contributed by atoms with Crippen molar-refractivity contribution >= 4 is 29.0 Å². The molecule has 0 radical (unpaired) electrons. The number of carbonyl (C=O) groups is 1. The minimum atomic E-state index is -1.05. The fourth-order valence-electron chi connectivity index (χ4n) is 4.15. The highest BCUT2D eigenvalue weighted by molar-refractivity contribution is 6.61. The molecule has 3 aliphatic carbocycles. The van der Waals surface area contributed by atoms with Gasteiger partial charge in [-0.1, -0.05) is 43.0 Å². The molecule has 3 heteroatoms. The number of ketones is 1. The van der Waals surface area contributed by atoms with Crippen molar-refractivity contribution in [1.29, 1.82) is 0 Å². The van der Waals surface area contributed by atoms with Crippen molar-refractivity contribution in [2.75, 3.05) is 0 Å². The van der Waals surface area contributed by atoms with Gasteiger partial charge in [-0.25, -0.2) is 0 Å². The summed E-state index contributed by atoms with van der Waals surface area (Å²) < 4.78 is -1.05. The van der Waals surface area contributed by atoms with Crippen LogP contribution >= 0.6 is 23.2 Å². The molecule has 0 aliphatic heterocycles. The van der Waals surface area contributed by atoms with E-state index < -0.39 is 4.33 Å². The molecule has 17 heavy (non-hydrogen) atoms. The molecule has 0 amide bonds. The van der Waals surface area contributed by atoms with Crippen LogP contribution in [0.5, 0.6) is 0 Å². The topological polar surface area (TPSA) is 17.1 Å². The Bertz CT molecular complexity index is 336. The lowest BCUT2D eigenvalue weighted by molar-refractivity contribution is -0.147. The third kappa shape index (κ3) is 1.69. The van der Waals surface area contributed by atoms with Crippen LogP contribution in [0.2, 0.25) is 0 Å². The van der Waals surface area contributed by atoms with Crippen molar-refractivity contribution < 1.29 is 4.79 Å². The second kappa shape index (κ2) is 3.87. The Balaban J connectivity index is 1.57. The molecule has 3 aliphatic rings. The van der Waals surface area contributed by atoms with Gasteiger partial charge in [0.15, 0.2) is 10.1 Å². The first-order chi connectivity index (χ1) is 7.95. The predicted molar refractivity (Wildman–Crippen MR) is 70.3 cm³/mol. The summed E-state index contributed by atoms with van der Waals surface area (Å²) >= 11 is 12.3. The van der Waals surface area contributed by atoms with Crippen LogP contribution in [0.15, 0.2) is 0 Å². The number of carbonyl (C=O) groups excluding carboxylic acids is 1. The molecule has 3 saturated carbocycles. The molecule has 1 spiro atoms. The first kappa shape index (κ1) is 12.3. The number of rotatable bonds is 1. The first-order valence-corrected chi connectivity index (χ1v) is 7.61. The number of Topliss-reactive ketones (excluding diaryl/α,β-unsaturated/α-hetero) is 1. The molecule has 0 heterocycles. The SMILES string of the molecule is CC1CCC(C2CC3(CC(=O)C3(Cl)Cl)C2)CC1. The maximum Gasteiger partial charge on any atom is 0.181 e. The number of alkyl halides is 2. The van der Waals surface area contributed by atoms with Crippen molar-refractivity contribution in [2.24, 2.45) is 23.2 Å². The summed E-state index contributed by atoms with van der Waals surface area (Å²) in [5.41, 5.74) is -0.0407. The van der Waals surface area contributed by atoms with E-state index in [0.717, 1.165) is 30.6 Å². The average Bonchev–Trinajstić information content (AvgIpc) is 2.24. The lowest BCUT2D eigenvalue weighted by Crippen LogP contribution is -2.64. The van der Waals surface area contributed by atoms with E-state index in [1.807, 2.05) is 0 Å². The minimum Gasteiger partial charge on any atom is -0.296 e. The van der Waals surface area contributed by atoms with E-state index in [1.165, 1.54) is 25.7 Å². The Labute approximate surface area is 113 Å². The molecule has 1 nitrogen and oxygen atoms in total. The molecule has 0 aromatic rings. The zero-order chi connectivity index (χ0) is 12.3. The van der Waals surface area contributed by atoms with Gasteiger partial charge in [-0.2, -0.15) is 0 Å². The Morgan fingerprint density at radius 2 is 1.65 bits per heavy atom. The van der Waals surface area contributed by atoms with Gasteiger partial charge >= 0.3 is 0 Å². The molecular formula is C14H20Cl2O. The molecular weight excluding hydrogens is 255 g/mol. The predicted octanol–water partition coefficient (Wildman–Crippen LogP) is 4.36. The standard InChI is InChI=1S/C14H20Cl2O/c1-9-2-4-10(5-3-9)11-6-13(7-11)8-12(17)14(13,15)16/h9-11H,2-8H2,1H3. The van der Waals surface area contributed by atoms with Crippen molar-refractivity contribution in [3.8, 4) is 0 Å². The van der Waals surface area contributed by atoms with E-state index in [2.05, 4.69) is 6.92 Å². The van der Waals surface area contributed by atoms with Gasteiger partial charge in [-0.3, -0.25) is 4.79 Å². The molecule has 0 bridgehead atoms. The van der Waals surface area contributed by atoms with Crippen molar-refractivity contribution in [3.05, 3.63) is 0 Å². The summed E-state index contributed by atoms with van der Waals surface area (Å²) in [6.45, 7) is 2.35. The number of hydrogen-bond acceptors (Lipinski definition) is 1. The van der Waals surface area contributed by atoms with E-state index in [1.54, 1.807) is 0 Å². The molecule has 3 rings (SSSR count). The van der Waals surface area contributed by atoms with Gasteiger partial charge in [0.25, 0.3) is 0 Å². The lowest BCUT2D eigenvalue weighted by Gasteiger charge is -2.61. The zero-order valence-electron chi connectivity index (χ0n) is 10.3. The molecule has 0 aromatic heterocycles. The monoisotopic (exact) mass is 274 g/mol. The Hall–Kier alpha value is 0.250. The minimum absolute atomic E-state index is 0.0385. The maximum atomic E-state index is 11.4. The zero-order valence-corrected chi connectivity index (χ0v) is 11.9. The van der Waals surface area contributed by atoms with Crippen LogP contribution in [0.3, 0.4) is 0 Å². The van der Waals surface area contributed by atoms with Gasteiger partial charge in [0, 0.05) is 11.8 Å². The van der Waals surface area contributed by atoms with Crippen LogP contribution in [0.1, 0.15) is 51.9 Å². The van der Waals surface area contributed by atoms with Gasteiger partial charge < -0.3 is 0 Å². The normalized spacial score (nSPS) is 48.6. The van der Waals surface area contributed by atoms with Gasteiger partial charge in [0.2, 0.25) is 0 Å². The smallest absolute Gasteiger partial charge is 0.181 e. The molecule has 0 saturated heterocycles. The summed E-state index contributed by atoms with van der Waals surface area (Å²) in [6.07, 6.45) is 8.29. The molecule has 0 atom stereocenters. The lowest BCUT2D eigenvalue weighted by atomic mass is 9.47. The number of halogens is 2. The summed E-state index contributed by atoms with van der Waals surface area (Å²) in [4.78, 5) is 11.4. The van der Waals surface area contributed by atoms with Crippen molar-refractivity contribution in [1.82, 2.24) is 0 Å². The Morgan fingerprint density at radius 3 is 2.12 bits per heavy atom. The average molecular weight is 275 g/mol. The van der Waals surface area contributed by atoms with E-state index in [4.69, 9.17) is 23.2 Å². The third-order valence-corrected chi connectivity index (χ3v) is 6.77. The summed E-state index contributed by atoms with van der Waals surface area (Å²) in [5.74, 6) is 2.60. The summed E-state index contributed by atoms with van der Waals surface area (Å²) in [6, 6.07) is 0. The maximum absolute atomic E-state index is 11.4. The Morgan fingerprint density at radius 1 is 1.06 bits per heavy atom. The summed E-state index contributed by atoms with van der Waals surface area (Å²) in [5, 5.41) is 0. The highest BCUT2D eigenvalue weighted by Crippen LogP contribution is 2.68. The Kier molecular flexibility index (Phi) is 2.80. The summed E-state index contributed by atoms with van der Waals surface area (Å²) in [7, 11) is 0. The highest BCUT2D eigenvalue weighted by Gasteiger charge is 2.69. The van der Waals surface area contributed by atoms with E-state index >= 15 is 0 Å². The fraction of sp³-hybridized carbons (Fsp3) is 0.929. The van der Waals surface area contributed by atoms with E-state index in [9.17, 15) is 4.79 Å². The van der Waals surface area contributed by atoms with E-state index in [-0.39, 0.29) is 11.2 Å². The van der Waals surface area contributed by atoms with Crippen LogP contribution in [0, 0.1) is 23.2 Å². The van der Waals surface area contributed by atoms with Crippen LogP contribution in [0.4, 0.5) is 0 Å². The van der Waals surface area contributed by atoms with Crippen molar-refractivity contribution in [3.63, 3.8) is 0 Å². The molecule has 96 valence electrons. The van der Waals surface area contributed by atoms with Gasteiger partial charge in [0.1, 0.15) is 0 Å². The van der Waals surface area contributed by atoms with Crippen LogP contribution in [-0.4, -0.2) is 10.1 Å². The van der Waals surface area contributed by atoms with Crippen molar-refractivity contribution in [2.45, 2.75) is 56.2 Å². The fourth-order valence-corrected chi connectivity index (χ4v) is 4.73. The molecule has 0 aromatic carbocycles. The molecule has 3 fully saturated rings. The van der Waals surface area contributed by atoms with Gasteiger partial charge in [-0.05, 0) is 43.4 Å². The molecule has 0 unspecified atom stereocenters. The second-order valence-corrected chi connectivity index (χ2v) is 7.97. The quantitative estimate of drug-likeness (QED) is 0.650. The highest BCUT2D eigenvalue weighted by atomic mass is 35.5. The van der Waals surface area contributed by atoms with Gasteiger partial charge in [-0.15, -0.1) is 0 Å². The van der Waals surface area contributed by atoms with E-state index in [0.29, 0.717) is 6.42 Å². The third-order valence-electron chi connectivity index (χ3n) is 5.55. The van der Waals surface area contributed by atoms with Crippen LogP contribution in [0.25, 0.3) is 0 Å². The number of hydrogen-bond donors (Lipinski definition) is 0. The van der Waals surface area contributed by atoms with Crippen LogP contribution < -0.4 is 0 Å². The largest absolute Gasteiger partial charge is 0.296 e. The second-order valence-electron chi connectivity index (χ2n) is 6.64. The molecule has 0 N–H and O–H groups in total.